The molecule has 5 nitrogen and oxygen atoms in total. The van der Waals surface area contributed by atoms with E-state index in [1.807, 2.05) is 0 Å². The molecule has 0 spiro atoms. The summed E-state index contributed by atoms with van der Waals surface area (Å²) in [5, 5.41) is 0. The summed E-state index contributed by atoms with van der Waals surface area (Å²) in [6.45, 7) is 10.0. The molecule has 0 radical (unpaired) electrons. The van der Waals surface area contributed by atoms with Crippen LogP contribution >= 0.6 is 0 Å². The lowest BCUT2D eigenvalue weighted by Crippen LogP contribution is -2.32. The van der Waals surface area contributed by atoms with Crippen LogP contribution in [0.2, 0.25) is 0 Å². The van der Waals surface area contributed by atoms with Gasteiger partial charge in [-0.05, 0) is 6.42 Å². The lowest BCUT2D eigenvalue weighted by molar-refractivity contribution is -0.161. The van der Waals surface area contributed by atoms with Crippen LogP contribution in [0, 0.1) is 5.92 Å². The molecular formula is C13H16O5. The van der Waals surface area contributed by atoms with Gasteiger partial charge in [0.05, 0.1) is 0 Å². The van der Waals surface area contributed by atoms with Crippen LogP contribution in [0.15, 0.2) is 38.0 Å². The fourth-order valence-electron chi connectivity index (χ4n) is 1.07. The molecule has 1 unspecified atom stereocenters. The van der Waals surface area contributed by atoms with Gasteiger partial charge in [-0.15, -0.1) is 6.58 Å². The number of esters is 2. The fourth-order valence-corrected chi connectivity index (χ4v) is 1.07. The molecule has 0 aliphatic heterocycles. The van der Waals surface area contributed by atoms with E-state index in [0.717, 1.165) is 0 Å². The van der Waals surface area contributed by atoms with Crippen molar-refractivity contribution in [3.05, 3.63) is 38.0 Å². The van der Waals surface area contributed by atoms with Crippen LogP contribution in [0.25, 0.3) is 0 Å². The van der Waals surface area contributed by atoms with Gasteiger partial charge >= 0.3 is 11.9 Å². The third-order valence-corrected chi connectivity index (χ3v) is 1.88. The Morgan fingerprint density at radius 3 is 2.00 bits per heavy atom. The van der Waals surface area contributed by atoms with Crippen molar-refractivity contribution in [2.75, 3.05) is 13.2 Å². The van der Waals surface area contributed by atoms with E-state index in [9.17, 15) is 14.4 Å². The van der Waals surface area contributed by atoms with Gasteiger partial charge in [0, 0.05) is 0 Å². The highest BCUT2D eigenvalue weighted by atomic mass is 16.5. The maximum absolute atomic E-state index is 11.7. The molecule has 0 aliphatic rings. The molecule has 1 atom stereocenters. The Bertz CT molecular complexity index is 356. The van der Waals surface area contributed by atoms with Crippen LogP contribution in [0.4, 0.5) is 0 Å². The average Bonchev–Trinajstić information content (AvgIpc) is 2.38. The van der Waals surface area contributed by atoms with Crippen LogP contribution < -0.4 is 0 Å². The largest absolute Gasteiger partial charge is 0.461 e. The topological polar surface area (TPSA) is 69.7 Å². The van der Waals surface area contributed by atoms with Crippen LogP contribution in [0.3, 0.4) is 0 Å². The molecule has 0 saturated carbocycles. The van der Waals surface area contributed by atoms with E-state index in [0.29, 0.717) is 0 Å². The molecule has 0 saturated heterocycles. The Kier molecular flexibility index (Phi) is 7.85. The second-order valence-corrected chi connectivity index (χ2v) is 3.25. The predicted molar refractivity (Wildman–Crippen MR) is 65.6 cm³/mol. The second kappa shape index (κ2) is 8.92. The molecule has 0 rings (SSSR count). The van der Waals surface area contributed by atoms with Crippen molar-refractivity contribution < 1.29 is 23.9 Å². The number of allylic oxidation sites excluding steroid dienone is 1. The third kappa shape index (κ3) is 5.25. The summed E-state index contributed by atoms with van der Waals surface area (Å²) in [5.74, 6) is -4.06. The lowest BCUT2D eigenvalue weighted by Gasteiger charge is -2.11. The van der Waals surface area contributed by atoms with Gasteiger partial charge in [-0.3, -0.25) is 9.59 Å². The van der Waals surface area contributed by atoms with Gasteiger partial charge in [0.25, 0.3) is 5.78 Å². The molecule has 0 aliphatic carbocycles. The quantitative estimate of drug-likeness (QED) is 0.267. The second-order valence-electron chi connectivity index (χ2n) is 3.25. The molecular weight excluding hydrogens is 236 g/mol. The smallest absolute Gasteiger partial charge is 0.375 e. The summed E-state index contributed by atoms with van der Waals surface area (Å²) < 4.78 is 9.29. The number of rotatable bonds is 9. The monoisotopic (exact) mass is 252 g/mol. The van der Waals surface area contributed by atoms with Crippen molar-refractivity contribution in [1.82, 2.24) is 0 Å². The van der Waals surface area contributed by atoms with E-state index < -0.39 is 23.6 Å². The molecule has 18 heavy (non-hydrogen) atoms. The summed E-state index contributed by atoms with van der Waals surface area (Å²) in [6.07, 6.45) is 4.06. The molecule has 0 N–H and O–H groups in total. The van der Waals surface area contributed by atoms with Gasteiger partial charge in [0.15, 0.2) is 0 Å². The number of carbonyl (C=O) groups is 3. The van der Waals surface area contributed by atoms with Crippen molar-refractivity contribution in [1.29, 1.82) is 0 Å². The van der Waals surface area contributed by atoms with Crippen molar-refractivity contribution in [2.24, 2.45) is 5.92 Å². The van der Waals surface area contributed by atoms with Gasteiger partial charge in [0.1, 0.15) is 19.1 Å². The SMILES string of the molecule is C=CCOC(=O)C(=O)C(CC=C)C(=O)OCC=C. The Morgan fingerprint density at radius 2 is 1.50 bits per heavy atom. The Morgan fingerprint density at radius 1 is 0.944 bits per heavy atom. The zero-order valence-corrected chi connectivity index (χ0v) is 10.1. The maximum Gasteiger partial charge on any atom is 0.375 e. The number of hydrogen-bond donors (Lipinski definition) is 0. The normalized spacial score (nSPS) is 10.9. The number of ether oxygens (including phenoxy) is 2. The van der Waals surface area contributed by atoms with Gasteiger partial charge in [-0.1, -0.05) is 31.4 Å². The molecule has 0 aromatic heterocycles. The summed E-state index contributed by atoms with van der Waals surface area (Å²) >= 11 is 0. The first-order valence-electron chi connectivity index (χ1n) is 5.28. The molecule has 0 heterocycles. The van der Waals surface area contributed by atoms with Gasteiger partial charge in [-0.25, -0.2) is 4.79 Å². The summed E-state index contributed by atoms with van der Waals surface area (Å²) in [5.41, 5.74) is 0. The molecule has 0 amide bonds. The molecule has 98 valence electrons. The zero-order chi connectivity index (χ0) is 14.0. The average molecular weight is 252 g/mol. The van der Waals surface area contributed by atoms with Crippen LogP contribution in [0.5, 0.6) is 0 Å². The summed E-state index contributed by atoms with van der Waals surface area (Å²) in [6, 6.07) is 0. The molecule has 0 aromatic carbocycles. The van der Waals surface area contributed by atoms with Crippen LogP contribution in [0.1, 0.15) is 6.42 Å². The van der Waals surface area contributed by atoms with Crippen molar-refractivity contribution in [2.45, 2.75) is 6.42 Å². The Labute approximate surface area is 106 Å². The lowest BCUT2D eigenvalue weighted by atomic mass is 10.0. The van der Waals surface area contributed by atoms with E-state index in [2.05, 4.69) is 24.5 Å². The standard InChI is InChI=1S/C13H16O5/c1-4-7-10(12(15)17-8-5-2)11(14)13(16)18-9-6-3/h4-6,10H,1-3,7-9H2. The first-order valence-corrected chi connectivity index (χ1v) is 5.28. The highest BCUT2D eigenvalue weighted by Crippen LogP contribution is 2.09. The number of hydrogen-bond acceptors (Lipinski definition) is 5. The predicted octanol–water partition coefficient (Wildman–Crippen LogP) is 1.21. The minimum absolute atomic E-state index is 0.0119. The fraction of sp³-hybridized carbons (Fsp3) is 0.308. The van der Waals surface area contributed by atoms with Gasteiger partial charge in [0.2, 0.25) is 0 Å². The molecule has 5 heteroatoms. The first-order chi connectivity index (χ1) is 8.58. The van der Waals surface area contributed by atoms with E-state index in [1.54, 1.807) is 0 Å². The van der Waals surface area contributed by atoms with E-state index >= 15 is 0 Å². The van der Waals surface area contributed by atoms with E-state index in [1.165, 1.54) is 18.2 Å². The Balaban J connectivity index is 4.65. The maximum atomic E-state index is 11.7. The molecule has 0 bridgehead atoms. The zero-order valence-electron chi connectivity index (χ0n) is 10.1. The van der Waals surface area contributed by atoms with Gasteiger partial charge in [-0.2, -0.15) is 0 Å². The number of ketones is 1. The Hall–Kier alpha value is -2.17. The van der Waals surface area contributed by atoms with Gasteiger partial charge < -0.3 is 9.47 Å². The summed E-state index contributed by atoms with van der Waals surface area (Å²) in [7, 11) is 0. The first kappa shape index (κ1) is 15.8. The highest BCUT2D eigenvalue weighted by molar-refractivity contribution is 6.37. The van der Waals surface area contributed by atoms with Crippen LogP contribution in [-0.4, -0.2) is 30.9 Å². The van der Waals surface area contributed by atoms with Crippen molar-refractivity contribution in [3.8, 4) is 0 Å². The molecule has 0 fully saturated rings. The minimum Gasteiger partial charge on any atom is -0.461 e. The number of carbonyl (C=O) groups excluding carboxylic acids is 3. The highest BCUT2D eigenvalue weighted by Gasteiger charge is 2.32. The van der Waals surface area contributed by atoms with Crippen molar-refractivity contribution >= 4 is 17.7 Å². The summed E-state index contributed by atoms with van der Waals surface area (Å²) in [4.78, 5) is 34.5. The van der Waals surface area contributed by atoms with Crippen molar-refractivity contribution in [3.63, 3.8) is 0 Å². The number of Topliss-reactive ketones (excluding diaryl/α,β-unsaturated/α-hetero) is 1. The third-order valence-electron chi connectivity index (χ3n) is 1.88. The van der Waals surface area contributed by atoms with E-state index in [-0.39, 0.29) is 19.6 Å². The van der Waals surface area contributed by atoms with Crippen LogP contribution in [-0.2, 0) is 23.9 Å². The minimum atomic E-state index is -1.22. The van der Waals surface area contributed by atoms with E-state index in [4.69, 9.17) is 4.74 Å². The molecule has 0 aromatic rings.